The Morgan fingerprint density at radius 1 is 1.37 bits per heavy atom. The first kappa shape index (κ1) is 13.2. The first-order valence-electron chi connectivity index (χ1n) is 7.35. The summed E-state index contributed by atoms with van der Waals surface area (Å²) < 4.78 is 2.41. The average molecular weight is 280 g/mol. The molecule has 3 rings (SSSR count). The summed E-state index contributed by atoms with van der Waals surface area (Å²) in [5.74, 6) is 1.80. The van der Waals surface area contributed by atoms with Crippen LogP contribution >= 0.6 is 11.6 Å². The first-order chi connectivity index (χ1) is 8.99. The van der Waals surface area contributed by atoms with Crippen molar-refractivity contribution >= 4 is 17.4 Å². The van der Waals surface area contributed by atoms with Gasteiger partial charge in [0.2, 0.25) is 0 Å². The molecule has 2 bridgehead atoms. The first-order valence-corrected chi connectivity index (χ1v) is 7.79. The smallest absolute Gasteiger partial charge is 0.182 e. The van der Waals surface area contributed by atoms with Gasteiger partial charge in [0.1, 0.15) is 0 Å². The third-order valence-electron chi connectivity index (χ3n) is 5.14. The molecule has 4 unspecified atom stereocenters. The van der Waals surface area contributed by atoms with Gasteiger partial charge in [0.05, 0.1) is 5.38 Å². The lowest BCUT2D eigenvalue weighted by Crippen LogP contribution is -2.19. The number of alkyl halides is 1. The number of carbonyl (C=O) groups excluding carboxylic acids is 1. The minimum absolute atomic E-state index is 0.0594. The molecular weight excluding hydrogens is 258 g/mol. The fourth-order valence-corrected chi connectivity index (χ4v) is 4.40. The molecular formula is C16H22ClNO. The van der Waals surface area contributed by atoms with E-state index in [4.69, 9.17) is 11.6 Å². The zero-order valence-corrected chi connectivity index (χ0v) is 12.7. The molecule has 2 aliphatic carbocycles. The average Bonchev–Trinajstić information content (AvgIpc) is 3.03. The van der Waals surface area contributed by atoms with E-state index in [2.05, 4.69) is 18.4 Å². The lowest BCUT2D eigenvalue weighted by Gasteiger charge is -2.26. The van der Waals surface area contributed by atoms with Crippen LogP contribution in [0.1, 0.15) is 60.4 Å². The Balaban J connectivity index is 1.96. The van der Waals surface area contributed by atoms with Crippen LogP contribution in [0, 0.1) is 25.7 Å². The van der Waals surface area contributed by atoms with E-state index in [9.17, 15) is 4.79 Å². The van der Waals surface area contributed by atoms with Crippen molar-refractivity contribution in [1.82, 2.24) is 4.57 Å². The Kier molecular flexibility index (Phi) is 3.24. The summed E-state index contributed by atoms with van der Waals surface area (Å²) >= 11 is 5.96. The van der Waals surface area contributed by atoms with E-state index in [1.165, 1.54) is 31.4 Å². The Morgan fingerprint density at radius 2 is 2.11 bits per heavy atom. The Labute approximate surface area is 120 Å². The van der Waals surface area contributed by atoms with Crippen molar-refractivity contribution in [3.8, 4) is 0 Å². The summed E-state index contributed by atoms with van der Waals surface area (Å²) in [6, 6.07) is 2.65. The number of Topliss-reactive ketones (excluding diaryl/α,β-unsaturated/α-hetero) is 1. The van der Waals surface area contributed by atoms with Crippen LogP contribution in [0.5, 0.6) is 0 Å². The fraction of sp³-hybridized carbons (Fsp3) is 0.688. The summed E-state index contributed by atoms with van der Waals surface area (Å²) in [7, 11) is 0. The molecule has 0 aromatic carbocycles. The van der Waals surface area contributed by atoms with Gasteiger partial charge in [0, 0.05) is 23.0 Å². The molecule has 1 aromatic heterocycles. The zero-order chi connectivity index (χ0) is 13.7. The molecule has 3 heteroatoms. The van der Waals surface area contributed by atoms with Crippen molar-refractivity contribution < 1.29 is 4.79 Å². The van der Waals surface area contributed by atoms with Gasteiger partial charge in [-0.1, -0.05) is 6.42 Å². The van der Waals surface area contributed by atoms with Crippen molar-refractivity contribution in [2.75, 3.05) is 0 Å². The van der Waals surface area contributed by atoms with Gasteiger partial charge in [0.25, 0.3) is 0 Å². The van der Waals surface area contributed by atoms with Crippen LogP contribution < -0.4 is 0 Å². The standard InChI is InChI=1S/C16H22ClNO/c1-9-6-14(16(19)10(2)17)11(3)18(9)15-8-12-4-5-13(15)7-12/h6,10,12-13,15H,4-5,7-8H2,1-3H3. The van der Waals surface area contributed by atoms with Crippen molar-refractivity contribution in [1.29, 1.82) is 0 Å². The normalized spacial score (nSPS) is 30.8. The van der Waals surface area contributed by atoms with Crippen LogP contribution in [0.3, 0.4) is 0 Å². The second-order valence-corrected chi connectivity index (χ2v) is 7.03. The summed E-state index contributed by atoms with van der Waals surface area (Å²) in [6.45, 7) is 5.95. The van der Waals surface area contributed by atoms with E-state index in [-0.39, 0.29) is 5.78 Å². The summed E-state index contributed by atoms with van der Waals surface area (Å²) in [6.07, 6.45) is 5.45. The SMILES string of the molecule is Cc1cc(C(=O)C(C)Cl)c(C)n1C1CC2CCC1C2. The van der Waals surface area contributed by atoms with Gasteiger partial charge in [-0.05, 0) is 57.9 Å². The molecule has 2 saturated carbocycles. The van der Waals surface area contributed by atoms with Gasteiger partial charge in [-0.3, -0.25) is 4.79 Å². The molecule has 1 heterocycles. The highest BCUT2D eigenvalue weighted by Gasteiger charge is 2.41. The van der Waals surface area contributed by atoms with Crippen LogP contribution in [0.15, 0.2) is 6.07 Å². The molecule has 19 heavy (non-hydrogen) atoms. The predicted molar refractivity (Wildman–Crippen MR) is 78.0 cm³/mol. The highest BCUT2D eigenvalue weighted by Crippen LogP contribution is 2.51. The van der Waals surface area contributed by atoms with E-state index >= 15 is 0 Å². The molecule has 1 aromatic rings. The maximum Gasteiger partial charge on any atom is 0.182 e. The van der Waals surface area contributed by atoms with Gasteiger partial charge < -0.3 is 4.57 Å². The third kappa shape index (κ3) is 2.05. The van der Waals surface area contributed by atoms with Crippen LogP contribution in [-0.2, 0) is 0 Å². The third-order valence-corrected chi connectivity index (χ3v) is 5.34. The number of hydrogen-bond donors (Lipinski definition) is 0. The molecule has 104 valence electrons. The Hall–Kier alpha value is -0.760. The van der Waals surface area contributed by atoms with Crippen LogP contribution in [0.4, 0.5) is 0 Å². The van der Waals surface area contributed by atoms with Gasteiger partial charge in [-0.15, -0.1) is 11.6 Å². The van der Waals surface area contributed by atoms with Crippen LogP contribution in [-0.4, -0.2) is 15.7 Å². The molecule has 2 fully saturated rings. The quantitative estimate of drug-likeness (QED) is 0.598. The number of carbonyl (C=O) groups is 1. The second kappa shape index (κ2) is 4.66. The zero-order valence-electron chi connectivity index (χ0n) is 11.9. The maximum absolute atomic E-state index is 12.2. The number of hydrogen-bond acceptors (Lipinski definition) is 1. The van der Waals surface area contributed by atoms with E-state index in [1.807, 2.05) is 6.07 Å². The molecule has 0 spiro atoms. The molecule has 2 nitrogen and oxygen atoms in total. The molecule has 0 aliphatic heterocycles. The Morgan fingerprint density at radius 3 is 2.63 bits per heavy atom. The van der Waals surface area contributed by atoms with E-state index in [1.54, 1.807) is 6.92 Å². The number of nitrogens with zero attached hydrogens (tertiary/aromatic N) is 1. The van der Waals surface area contributed by atoms with Gasteiger partial charge in [-0.25, -0.2) is 0 Å². The monoisotopic (exact) mass is 279 g/mol. The Bertz CT molecular complexity index is 517. The molecule has 0 N–H and O–H groups in total. The largest absolute Gasteiger partial charge is 0.345 e. The number of halogens is 1. The highest BCUT2D eigenvalue weighted by molar-refractivity contribution is 6.33. The molecule has 4 atom stereocenters. The minimum atomic E-state index is -0.436. The topological polar surface area (TPSA) is 22.0 Å². The predicted octanol–water partition coefficient (Wildman–Crippen LogP) is 4.28. The van der Waals surface area contributed by atoms with Crippen molar-refractivity contribution in [2.45, 2.75) is 57.9 Å². The van der Waals surface area contributed by atoms with Crippen LogP contribution in [0.25, 0.3) is 0 Å². The van der Waals surface area contributed by atoms with Crippen molar-refractivity contribution in [3.63, 3.8) is 0 Å². The van der Waals surface area contributed by atoms with Gasteiger partial charge in [-0.2, -0.15) is 0 Å². The van der Waals surface area contributed by atoms with Gasteiger partial charge >= 0.3 is 0 Å². The lowest BCUT2D eigenvalue weighted by atomic mass is 9.94. The van der Waals surface area contributed by atoms with Crippen LogP contribution in [0.2, 0.25) is 0 Å². The summed E-state index contributed by atoms with van der Waals surface area (Å²) in [5, 5.41) is -0.436. The number of rotatable bonds is 3. The lowest BCUT2D eigenvalue weighted by molar-refractivity contribution is 0.0991. The highest BCUT2D eigenvalue weighted by atomic mass is 35.5. The maximum atomic E-state index is 12.2. The molecule has 0 amide bonds. The molecule has 0 saturated heterocycles. The minimum Gasteiger partial charge on any atom is -0.345 e. The van der Waals surface area contributed by atoms with E-state index in [0.29, 0.717) is 6.04 Å². The number of aromatic nitrogens is 1. The van der Waals surface area contributed by atoms with E-state index in [0.717, 1.165) is 23.1 Å². The molecule has 0 radical (unpaired) electrons. The second-order valence-electron chi connectivity index (χ2n) is 6.38. The summed E-state index contributed by atoms with van der Waals surface area (Å²) in [4.78, 5) is 12.2. The van der Waals surface area contributed by atoms with Gasteiger partial charge in [0.15, 0.2) is 5.78 Å². The van der Waals surface area contributed by atoms with E-state index < -0.39 is 5.38 Å². The number of fused-ring (bicyclic) bond motifs is 2. The fourth-order valence-electron chi connectivity index (χ4n) is 4.28. The van der Waals surface area contributed by atoms with Crippen molar-refractivity contribution in [2.24, 2.45) is 11.8 Å². The number of ketones is 1. The van der Waals surface area contributed by atoms with Crippen molar-refractivity contribution in [3.05, 3.63) is 23.0 Å². The summed E-state index contributed by atoms with van der Waals surface area (Å²) in [5.41, 5.74) is 3.16. The molecule has 2 aliphatic rings. The number of aryl methyl sites for hydroxylation is 1.